The molecule has 0 saturated carbocycles. The Kier molecular flexibility index (Phi) is 3.88. The molecule has 6 heteroatoms. The first kappa shape index (κ1) is 14.9. The van der Waals surface area contributed by atoms with E-state index in [-0.39, 0.29) is 5.75 Å². The van der Waals surface area contributed by atoms with Gasteiger partial charge in [0.15, 0.2) is 0 Å². The Hall–Kier alpha value is -2.50. The van der Waals surface area contributed by atoms with Crippen molar-refractivity contribution in [2.24, 2.45) is 0 Å². The lowest BCUT2D eigenvalue weighted by molar-refractivity contribution is -0.138. The molecule has 0 aliphatic heterocycles. The quantitative estimate of drug-likeness (QED) is 0.906. The number of benzene rings is 2. The van der Waals surface area contributed by atoms with Crippen LogP contribution in [0.15, 0.2) is 42.5 Å². The number of aromatic carboxylic acids is 1. The van der Waals surface area contributed by atoms with E-state index in [4.69, 9.17) is 9.84 Å². The summed E-state index contributed by atoms with van der Waals surface area (Å²) in [6.07, 6.45) is -4.76. The normalized spacial score (nSPS) is 11.2. The van der Waals surface area contributed by atoms with Gasteiger partial charge in [-0.3, -0.25) is 0 Å². The molecule has 2 aromatic rings. The molecule has 0 saturated heterocycles. The third-order valence-electron chi connectivity index (χ3n) is 2.78. The molecule has 0 radical (unpaired) electrons. The van der Waals surface area contributed by atoms with Crippen molar-refractivity contribution in [3.05, 3.63) is 59.2 Å². The third kappa shape index (κ3) is 3.53. The van der Waals surface area contributed by atoms with Crippen LogP contribution in [0.1, 0.15) is 21.5 Å². The van der Waals surface area contributed by atoms with E-state index in [1.807, 2.05) is 6.92 Å². The second kappa shape index (κ2) is 5.47. The van der Waals surface area contributed by atoms with Crippen LogP contribution in [0.5, 0.6) is 11.5 Å². The highest BCUT2D eigenvalue weighted by atomic mass is 19.4. The predicted octanol–water partition coefficient (Wildman–Crippen LogP) is 4.50. The highest BCUT2D eigenvalue weighted by molar-refractivity contribution is 5.89. The van der Waals surface area contributed by atoms with Crippen molar-refractivity contribution in [3.8, 4) is 11.5 Å². The van der Waals surface area contributed by atoms with Crippen LogP contribution >= 0.6 is 0 Å². The molecule has 0 aliphatic carbocycles. The molecular formula is C15H11F3O3. The number of hydrogen-bond acceptors (Lipinski definition) is 2. The van der Waals surface area contributed by atoms with Gasteiger partial charge in [0, 0.05) is 0 Å². The molecule has 0 fully saturated rings. The first-order valence-corrected chi connectivity index (χ1v) is 5.96. The number of carbonyl (C=O) groups is 1. The molecule has 2 rings (SSSR count). The number of aryl methyl sites for hydroxylation is 1. The maximum Gasteiger partial charge on any atom is 0.417 e. The molecule has 1 N–H and O–H groups in total. The molecule has 110 valence electrons. The van der Waals surface area contributed by atoms with E-state index in [1.54, 1.807) is 24.3 Å². The summed E-state index contributed by atoms with van der Waals surface area (Å²) < 4.78 is 43.9. The van der Waals surface area contributed by atoms with E-state index in [0.717, 1.165) is 11.6 Å². The summed E-state index contributed by atoms with van der Waals surface area (Å²) in [5.41, 5.74) is -1.06. The number of ether oxygens (including phenoxy) is 1. The smallest absolute Gasteiger partial charge is 0.417 e. The molecule has 2 aromatic carbocycles. The molecule has 0 bridgehead atoms. The Balaban J connectivity index is 2.38. The van der Waals surface area contributed by atoms with E-state index in [0.29, 0.717) is 11.8 Å². The molecule has 0 atom stereocenters. The molecule has 0 spiro atoms. The minimum absolute atomic E-state index is 0.0730. The molecular weight excluding hydrogens is 285 g/mol. The van der Waals surface area contributed by atoms with E-state index in [9.17, 15) is 18.0 Å². The van der Waals surface area contributed by atoms with Gasteiger partial charge in [-0.15, -0.1) is 0 Å². The van der Waals surface area contributed by atoms with Crippen LogP contribution in [0, 0.1) is 6.92 Å². The van der Waals surface area contributed by atoms with Crippen molar-refractivity contribution in [1.82, 2.24) is 0 Å². The van der Waals surface area contributed by atoms with Gasteiger partial charge in [-0.1, -0.05) is 17.7 Å². The zero-order chi connectivity index (χ0) is 15.6. The fourth-order valence-electron chi connectivity index (χ4n) is 1.75. The molecule has 0 heterocycles. The molecule has 0 aromatic heterocycles. The lowest BCUT2D eigenvalue weighted by Crippen LogP contribution is -2.12. The molecule has 3 nitrogen and oxygen atoms in total. The lowest BCUT2D eigenvalue weighted by atomic mass is 10.1. The van der Waals surface area contributed by atoms with Gasteiger partial charge in [-0.2, -0.15) is 13.2 Å². The van der Waals surface area contributed by atoms with Gasteiger partial charge < -0.3 is 9.84 Å². The Morgan fingerprint density at radius 2 is 1.62 bits per heavy atom. The van der Waals surface area contributed by atoms with E-state index < -0.39 is 23.3 Å². The van der Waals surface area contributed by atoms with Crippen LogP contribution in [0.2, 0.25) is 0 Å². The summed E-state index contributed by atoms with van der Waals surface area (Å²) in [4.78, 5) is 10.8. The first-order chi connectivity index (χ1) is 9.77. The molecule has 21 heavy (non-hydrogen) atoms. The van der Waals surface area contributed by atoms with Crippen molar-refractivity contribution in [1.29, 1.82) is 0 Å². The topological polar surface area (TPSA) is 46.5 Å². The number of carboxylic acids is 1. The highest BCUT2D eigenvalue weighted by Gasteiger charge is 2.35. The maximum absolute atomic E-state index is 12.9. The minimum Gasteiger partial charge on any atom is -0.478 e. The fourth-order valence-corrected chi connectivity index (χ4v) is 1.75. The van der Waals surface area contributed by atoms with Gasteiger partial charge in [0.05, 0.1) is 11.1 Å². The highest BCUT2D eigenvalue weighted by Crippen LogP contribution is 2.35. The van der Waals surface area contributed by atoms with Gasteiger partial charge >= 0.3 is 12.1 Å². The fraction of sp³-hybridized carbons (Fsp3) is 0.133. The zero-order valence-electron chi connectivity index (χ0n) is 10.9. The molecule has 0 amide bonds. The summed E-state index contributed by atoms with van der Waals surface area (Å²) >= 11 is 0. The second-order valence-electron chi connectivity index (χ2n) is 4.43. The maximum atomic E-state index is 12.9. The Labute approximate surface area is 118 Å². The van der Waals surface area contributed by atoms with Crippen LogP contribution in [-0.4, -0.2) is 11.1 Å². The summed E-state index contributed by atoms with van der Waals surface area (Å²) in [6, 6.07) is 9.51. The number of rotatable bonds is 3. The molecule has 0 aliphatic rings. The monoisotopic (exact) mass is 296 g/mol. The number of carboxylic acid groups (broad SMARTS) is 1. The zero-order valence-corrected chi connectivity index (χ0v) is 10.9. The van der Waals surface area contributed by atoms with Crippen LogP contribution in [0.4, 0.5) is 13.2 Å². The van der Waals surface area contributed by atoms with Crippen molar-refractivity contribution in [2.75, 3.05) is 0 Å². The third-order valence-corrected chi connectivity index (χ3v) is 2.78. The summed E-state index contributed by atoms with van der Waals surface area (Å²) in [5.74, 6) is -1.34. The summed E-state index contributed by atoms with van der Waals surface area (Å²) in [6.45, 7) is 1.87. The van der Waals surface area contributed by atoms with Crippen molar-refractivity contribution in [3.63, 3.8) is 0 Å². The number of halogens is 3. The van der Waals surface area contributed by atoms with E-state index >= 15 is 0 Å². The van der Waals surface area contributed by atoms with Gasteiger partial charge in [0.1, 0.15) is 11.5 Å². The Morgan fingerprint density at radius 3 is 2.14 bits per heavy atom. The van der Waals surface area contributed by atoms with E-state index in [2.05, 4.69) is 0 Å². The van der Waals surface area contributed by atoms with Gasteiger partial charge in [0.2, 0.25) is 0 Å². The largest absolute Gasteiger partial charge is 0.478 e. The predicted molar refractivity (Wildman–Crippen MR) is 69.7 cm³/mol. The standard InChI is InChI=1S/C15H11F3O3/c1-9-2-4-10(5-3-9)21-11-6-7-12(14(19)20)13(8-11)15(16,17)18/h2-8H,1H3,(H,19,20). The lowest BCUT2D eigenvalue weighted by Gasteiger charge is -2.13. The first-order valence-electron chi connectivity index (χ1n) is 5.96. The van der Waals surface area contributed by atoms with Gasteiger partial charge in [-0.05, 0) is 37.3 Å². The van der Waals surface area contributed by atoms with Crippen LogP contribution < -0.4 is 4.74 Å². The van der Waals surface area contributed by atoms with Crippen LogP contribution in [-0.2, 0) is 6.18 Å². The van der Waals surface area contributed by atoms with Crippen molar-refractivity contribution < 1.29 is 27.8 Å². The van der Waals surface area contributed by atoms with Gasteiger partial charge in [0.25, 0.3) is 0 Å². The van der Waals surface area contributed by atoms with Crippen LogP contribution in [0.25, 0.3) is 0 Å². The van der Waals surface area contributed by atoms with Crippen LogP contribution in [0.3, 0.4) is 0 Å². The Morgan fingerprint density at radius 1 is 1.05 bits per heavy atom. The van der Waals surface area contributed by atoms with Crippen molar-refractivity contribution in [2.45, 2.75) is 13.1 Å². The average Bonchev–Trinajstić information content (AvgIpc) is 2.40. The minimum atomic E-state index is -4.76. The second-order valence-corrected chi connectivity index (χ2v) is 4.43. The SMILES string of the molecule is Cc1ccc(Oc2ccc(C(=O)O)c(C(F)(F)F)c2)cc1. The van der Waals surface area contributed by atoms with E-state index in [1.165, 1.54) is 6.07 Å². The summed E-state index contributed by atoms with van der Waals surface area (Å²) in [7, 11) is 0. The van der Waals surface area contributed by atoms with Gasteiger partial charge in [-0.25, -0.2) is 4.79 Å². The number of hydrogen-bond donors (Lipinski definition) is 1. The average molecular weight is 296 g/mol. The van der Waals surface area contributed by atoms with Crippen molar-refractivity contribution >= 4 is 5.97 Å². The Bertz CT molecular complexity index is 661. The number of alkyl halides is 3. The summed E-state index contributed by atoms with van der Waals surface area (Å²) in [5, 5.41) is 8.80. The molecule has 0 unspecified atom stereocenters.